The molecule has 1 N–H and O–H groups in total. The summed E-state index contributed by atoms with van der Waals surface area (Å²) in [5.41, 5.74) is 1.35. The molecular formula is C11H19N. The normalized spacial score (nSPS) is 54.5. The van der Waals surface area contributed by atoms with Crippen LogP contribution in [0.4, 0.5) is 0 Å². The van der Waals surface area contributed by atoms with E-state index in [9.17, 15) is 0 Å². The van der Waals surface area contributed by atoms with E-state index in [4.69, 9.17) is 0 Å². The van der Waals surface area contributed by atoms with Gasteiger partial charge in [-0.15, -0.1) is 0 Å². The molecule has 2 saturated carbocycles. The maximum atomic E-state index is 3.70. The molecule has 0 aromatic heterocycles. The van der Waals surface area contributed by atoms with Crippen LogP contribution in [0, 0.1) is 16.7 Å². The van der Waals surface area contributed by atoms with Crippen LogP contribution in [0.15, 0.2) is 0 Å². The zero-order valence-corrected chi connectivity index (χ0v) is 8.19. The molecule has 0 amide bonds. The number of nitrogens with one attached hydrogen (secondary N) is 1. The lowest BCUT2D eigenvalue weighted by Crippen LogP contribution is -2.37. The summed E-state index contributed by atoms with van der Waals surface area (Å²) in [6, 6.07) is 0.881. The number of rotatable bonds is 0. The molecule has 0 radical (unpaired) electrons. The van der Waals surface area contributed by atoms with Crippen molar-refractivity contribution in [3.8, 4) is 0 Å². The Labute approximate surface area is 74.9 Å². The Kier molecular flexibility index (Phi) is 1.16. The predicted octanol–water partition coefficient (Wildman–Crippen LogP) is 2.17. The van der Waals surface area contributed by atoms with Gasteiger partial charge in [0, 0.05) is 6.04 Å². The summed E-state index contributed by atoms with van der Waals surface area (Å²) in [6.07, 6.45) is 5.92. The van der Waals surface area contributed by atoms with Gasteiger partial charge in [-0.1, -0.05) is 13.8 Å². The zero-order chi connectivity index (χ0) is 8.40. The molecule has 12 heavy (non-hydrogen) atoms. The van der Waals surface area contributed by atoms with E-state index in [0.717, 1.165) is 12.0 Å². The van der Waals surface area contributed by atoms with Gasteiger partial charge in [0.05, 0.1) is 0 Å². The van der Waals surface area contributed by atoms with E-state index in [-0.39, 0.29) is 0 Å². The highest BCUT2D eigenvalue weighted by Gasteiger charge is 2.64. The summed E-state index contributed by atoms with van der Waals surface area (Å²) in [7, 11) is 0. The number of hydrogen-bond donors (Lipinski definition) is 1. The SMILES string of the molecule is CC1(C)C2CCC13CCN[C@@H]3C2. The Bertz CT molecular complexity index is 217. The fourth-order valence-corrected chi connectivity index (χ4v) is 4.44. The monoisotopic (exact) mass is 165 g/mol. The van der Waals surface area contributed by atoms with Crippen LogP contribution in [0.25, 0.3) is 0 Å². The van der Waals surface area contributed by atoms with E-state index in [1.165, 1.54) is 32.2 Å². The van der Waals surface area contributed by atoms with Crippen molar-refractivity contribution < 1.29 is 0 Å². The molecule has 3 aliphatic rings. The lowest BCUT2D eigenvalue weighted by molar-refractivity contribution is 0.128. The molecule has 1 nitrogen and oxygen atoms in total. The van der Waals surface area contributed by atoms with Gasteiger partial charge in [0.25, 0.3) is 0 Å². The molecular weight excluding hydrogens is 146 g/mol. The number of fused-ring (bicyclic) bond motifs is 1. The second kappa shape index (κ2) is 1.89. The smallest absolute Gasteiger partial charge is 0.0132 e. The van der Waals surface area contributed by atoms with E-state index in [1.807, 2.05) is 0 Å². The standard InChI is InChI=1S/C11H19N/c1-10(2)8-3-4-11(10)5-6-12-9(11)7-8/h8-9,12H,3-7H2,1-2H3/t8?,9-,11?/m1/s1. The van der Waals surface area contributed by atoms with Gasteiger partial charge >= 0.3 is 0 Å². The van der Waals surface area contributed by atoms with Crippen molar-refractivity contribution in [3.05, 3.63) is 0 Å². The summed E-state index contributed by atoms with van der Waals surface area (Å²) in [5.74, 6) is 1.02. The van der Waals surface area contributed by atoms with Gasteiger partial charge in [0.2, 0.25) is 0 Å². The highest BCUT2D eigenvalue weighted by Crippen LogP contribution is 2.68. The lowest BCUT2D eigenvalue weighted by Gasteiger charge is -2.37. The summed E-state index contributed by atoms with van der Waals surface area (Å²) in [4.78, 5) is 0. The molecule has 1 aliphatic heterocycles. The Balaban J connectivity index is 2.09. The van der Waals surface area contributed by atoms with E-state index < -0.39 is 0 Å². The highest BCUT2D eigenvalue weighted by atomic mass is 15.0. The minimum atomic E-state index is 0.640. The summed E-state index contributed by atoms with van der Waals surface area (Å²) in [5, 5.41) is 3.70. The zero-order valence-electron chi connectivity index (χ0n) is 8.19. The quantitative estimate of drug-likeness (QED) is 0.580. The minimum Gasteiger partial charge on any atom is -0.313 e. The largest absolute Gasteiger partial charge is 0.313 e. The third kappa shape index (κ3) is 0.555. The van der Waals surface area contributed by atoms with Crippen molar-refractivity contribution in [1.82, 2.24) is 5.32 Å². The second-order valence-corrected chi connectivity index (χ2v) is 5.61. The molecule has 0 aromatic rings. The maximum absolute atomic E-state index is 3.70. The van der Waals surface area contributed by atoms with Gasteiger partial charge in [0.1, 0.15) is 0 Å². The predicted molar refractivity (Wildman–Crippen MR) is 50.0 cm³/mol. The van der Waals surface area contributed by atoms with Crippen molar-refractivity contribution in [1.29, 1.82) is 0 Å². The van der Waals surface area contributed by atoms with Crippen LogP contribution < -0.4 is 5.32 Å². The van der Waals surface area contributed by atoms with E-state index in [0.29, 0.717) is 10.8 Å². The van der Waals surface area contributed by atoms with Gasteiger partial charge in [-0.25, -0.2) is 0 Å². The van der Waals surface area contributed by atoms with E-state index in [2.05, 4.69) is 19.2 Å². The average molecular weight is 165 g/mol. The van der Waals surface area contributed by atoms with Crippen molar-refractivity contribution in [2.75, 3.05) is 6.54 Å². The van der Waals surface area contributed by atoms with Crippen LogP contribution in [-0.4, -0.2) is 12.6 Å². The van der Waals surface area contributed by atoms with Crippen LogP contribution in [0.1, 0.15) is 39.5 Å². The van der Waals surface area contributed by atoms with Gasteiger partial charge < -0.3 is 5.32 Å². The summed E-state index contributed by atoms with van der Waals surface area (Å²) < 4.78 is 0. The lowest BCUT2D eigenvalue weighted by atomic mass is 9.67. The first kappa shape index (κ1) is 7.37. The fourth-order valence-electron chi connectivity index (χ4n) is 4.44. The molecule has 68 valence electrons. The Morgan fingerprint density at radius 2 is 2.08 bits per heavy atom. The Morgan fingerprint density at radius 3 is 2.75 bits per heavy atom. The van der Waals surface area contributed by atoms with Crippen molar-refractivity contribution >= 4 is 0 Å². The van der Waals surface area contributed by atoms with Crippen LogP contribution in [0.5, 0.6) is 0 Å². The Morgan fingerprint density at radius 1 is 1.25 bits per heavy atom. The molecule has 1 saturated heterocycles. The van der Waals surface area contributed by atoms with Gasteiger partial charge in [-0.2, -0.15) is 0 Å². The van der Waals surface area contributed by atoms with Crippen molar-refractivity contribution in [3.63, 3.8) is 0 Å². The van der Waals surface area contributed by atoms with Crippen LogP contribution in [-0.2, 0) is 0 Å². The molecule has 1 heteroatoms. The first-order valence-electron chi connectivity index (χ1n) is 5.40. The minimum absolute atomic E-state index is 0.640. The summed E-state index contributed by atoms with van der Waals surface area (Å²) >= 11 is 0. The second-order valence-electron chi connectivity index (χ2n) is 5.61. The fraction of sp³-hybridized carbons (Fsp3) is 1.00. The molecule has 3 rings (SSSR count). The molecule has 1 heterocycles. The third-order valence-corrected chi connectivity index (χ3v) is 5.39. The van der Waals surface area contributed by atoms with Gasteiger partial charge in [-0.3, -0.25) is 0 Å². The Hall–Kier alpha value is -0.0400. The van der Waals surface area contributed by atoms with E-state index in [1.54, 1.807) is 0 Å². The van der Waals surface area contributed by atoms with Crippen LogP contribution >= 0.6 is 0 Å². The molecule has 1 spiro atoms. The summed E-state index contributed by atoms with van der Waals surface area (Å²) in [6.45, 7) is 6.30. The molecule has 2 aliphatic carbocycles. The average Bonchev–Trinajstić information content (AvgIpc) is 2.60. The first-order valence-corrected chi connectivity index (χ1v) is 5.40. The third-order valence-electron chi connectivity index (χ3n) is 5.39. The van der Waals surface area contributed by atoms with Crippen LogP contribution in [0.3, 0.4) is 0 Å². The molecule has 3 atom stereocenters. The molecule has 2 unspecified atom stereocenters. The van der Waals surface area contributed by atoms with Gasteiger partial charge in [-0.05, 0) is 49.0 Å². The number of hydrogen-bond acceptors (Lipinski definition) is 1. The first-order chi connectivity index (χ1) is 5.67. The topological polar surface area (TPSA) is 12.0 Å². The highest BCUT2D eigenvalue weighted by molar-refractivity contribution is 5.17. The van der Waals surface area contributed by atoms with Crippen LogP contribution in [0.2, 0.25) is 0 Å². The molecule has 2 bridgehead atoms. The van der Waals surface area contributed by atoms with Crippen molar-refractivity contribution in [2.45, 2.75) is 45.6 Å². The molecule has 3 fully saturated rings. The maximum Gasteiger partial charge on any atom is 0.0132 e. The molecule has 0 aromatic carbocycles. The van der Waals surface area contributed by atoms with Crippen molar-refractivity contribution in [2.24, 2.45) is 16.7 Å². The van der Waals surface area contributed by atoms with E-state index >= 15 is 0 Å². The van der Waals surface area contributed by atoms with Gasteiger partial charge in [0.15, 0.2) is 0 Å².